The Balaban J connectivity index is 2.21. The fourth-order valence-electron chi connectivity index (χ4n) is 2.05. The van der Waals surface area contributed by atoms with Gasteiger partial charge in [-0.05, 0) is 44.5 Å². The molecule has 2 aromatic rings. The molecule has 2 rings (SSSR count). The largest absolute Gasteiger partial charge is 0.480 e. The van der Waals surface area contributed by atoms with Gasteiger partial charge in [-0.1, -0.05) is 29.8 Å². The molecule has 1 unspecified atom stereocenters. The molecule has 2 aromatic carbocycles. The zero-order valence-electron chi connectivity index (χ0n) is 12.0. The maximum absolute atomic E-state index is 12.5. The summed E-state index contributed by atoms with van der Waals surface area (Å²) in [6.45, 7) is 5.64. The van der Waals surface area contributed by atoms with Crippen LogP contribution in [0.25, 0.3) is 0 Å². The van der Waals surface area contributed by atoms with Crippen LogP contribution in [0.4, 0.5) is 5.69 Å². The lowest BCUT2D eigenvalue weighted by molar-refractivity contribution is 0.0818. The highest BCUT2D eigenvalue weighted by Crippen LogP contribution is 2.23. The van der Waals surface area contributed by atoms with Gasteiger partial charge in [0.2, 0.25) is 5.78 Å². The molecule has 1 atom stereocenters. The molecule has 0 saturated carbocycles. The van der Waals surface area contributed by atoms with Crippen molar-refractivity contribution < 1.29 is 9.53 Å². The fraction of sp³-hybridized carbons (Fsp3) is 0.235. The first-order valence-electron chi connectivity index (χ1n) is 6.61. The summed E-state index contributed by atoms with van der Waals surface area (Å²) in [4.78, 5) is 12.5. The molecule has 0 fully saturated rings. The summed E-state index contributed by atoms with van der Waals surface area (Å²) in [7, 11) is 0. The lowest BCUT2D eigenvalue weighted by atomic mass is 9.99. The molecule has 3 nitrogen and oxygen atoms in total. The quantitative estimate of drug-likeness (QED) is 0.682. The summed E-state index contributed by atoms with van der Waals surface area (Å²) in [5, 5.41) is 0. The van der Waals surface area contributed by atoms with Crippen molar-refractivity contribution in [3.05, 3.63) is 59.2 Å². The number of aryl methyl sites for hydroxylation is 2. The highest BCUT2D eigenvalue weighted by Gasteiger charge is 2.19. The van der Waals surface area contributed by atoms with Crippen LogP contribution in [-0.2, 0) is 0 Å². The van der Waals surface area contributed by atoms with Gasteiger partial charge in [-0.15, -0.1) is 0 Å². The Hall–Kier alpha value is -2.29. The summed E-state index contributed by atoms with van der Waals surface area (Å²) < 4.78 is 5.68. The number of hydrogen-bond donors (Lipinski definition) is 1. The van der Waals surface area contributed by atoms with Crippen LogP contribution in [0, 0.1) is 13.8 Å². The van der Waals surface area contributed by atoms with Gasteiger partial charge in [-0.3, -0.25) is 4.79 Å². The molecule has 3 heteroatoms. The molecule has 0 aliphatic heterocycles. The van der Waals surface area contributed by atoms with Crippen molar-refractivity contribution in [3.8, 4) is 5.75 Å². The van der Waals surface area contributed by atoms with E-state index < -0.39 is 6.10 Å². The van der Waals surface area contributed by atoms with Crippen LogP contribution in [0.3, 0.4) is 0 Å². The van der Waals surface area contributed by atoms with Crippen LogP contribution < -0.4 is 10.5 Å². The smallest absolute Gasteiger partial charge is 0.203 e. The number of Topliss-reactive ketones (excluding diaryl/α,β-unsaturated/α-hetero) is 1. The van der Waals surface area contributed by atoms with Crippen molar-refractivity contribution >= 4 is 11.5 Å². The maximum atomic E-state index is 12.5. The second kappa shape index (κ2) is 5.78. The fourth-order valence-corrected chi connectivity index (χ4v) is 2.05. The number of ether oxygens (including phenoxy) is 1. The molecule has 2 N–H and O–H groups in total. The normalized spacial score (nSPS) is 11.9. The average Bonchev–Trinajstić information content (AvgIpc) is 2.43. The third-order valence-electron chi connectivity index (χ3n) is 3.25. The molecule has 104 valence electrons. The first-order valence-corrected chi connectivity index (χ1v) is 6.61. The maximum Gasteiger partial charge on any atom is 0.203 e. The molecule has 20 heavy (non-hydrogen) atoms. The van der Waals surface area contributed by atoms with E-state index >= 15 is 0 Å². The predicted octanol–water partition coefficient (Wildman–Crippen LogP) is 3.54. The van der Waals surface area contributed by atoms with E-state index in [4.69, 9.17) is 10.5 Å². The summed E-state index contributed by atoms with van der Waals surface area (Å²) in [6.07, 6.45) is -0.569. The number of rotatable bonds is 4. The van der Waals surface area contributed by atoms with E-state index in [0.717, 1.165) is 11.1 Å². The Bertz CT molecular complexity index is 635. The SMILES string of the molecule is Cc1ccc(C)c(C(=O)C(C)Oc2ccccc2N)c1. The first kappa shape index (κ1) is 14.1. The molecule has 0 heterocycles. The monoisotopic (exact) mass is 269 g/mol. The number of carbonyl (C=O) groups excluding carboxylic acids is 1. The molecule has 0 aliphatic carbocycles. The van der Waals surface area contributed by atoms with Crippen LogP contribution >= 0.6 is 0 Å². The van der Waals surface area contributed by atoms with Gasteiger partial charge in [0, 0.05) is 5.56 Å². The molecular weight excluding hydrogens is 250 g/mol. The van der Waals surface area contributed by atoms with Gasteiger partial charge in [0.05, 0.1) is 5.69 Å². The Labute approximate surface area is 119 Å². The Morgan fingerprint density at radius 1 is 1.15 bits per heavy atom. The summed E-state index contributed by atoms with van der Waals surface area (Å²) in [6, 6.07) is 13.0. The van der Waals surface area contributed by atoms with Gasteiger partial charge in [-0.25, -0.2) is 0 Å². The Kier molecular flexibility index (Phi) is 4.08. The van der Waals surface area contributed by atoms with E-state index in [2.05, 4.69) is 0 Å². The second-order valence-corrected chi connectivity index (χ2v) is 4.98. The van der Waals surface area contributed by atoms with Gasteiger partial charge >= 0.3 is 0 Å². The first-order chi connectivity index (χ1) is 9.49. The number of nitrogens with two attached hydrogens (primary N) is 1. The van der Waals surface area contributed by atoms with Crippen molar-refractivity contribution in [1.82, 2.24) is 0 Å². The van der Waals surface area contributed by atoms with Crippen molar-refractivity contribution in [1.29, 1.82) is 0 Å². The van der Waals surface area contributed by atoms with Gasteiger partial charge in [0.1, 0.15) is 5.75 Å². The number of anilines is 1. The van der Waals surface area contributed by atoms with Crippen LogP contribution in [-0.4, -0.2) is 11.9 Å². The van der Waals surface area contributed by atoms with E-state index in [9.17, 15) is 4.79 Å². The molecule has 0 radical (unpaired) electrons. The van der Waals surface area contributed by atoms with E-state index in [0.29, 0.717) is 17.0 Å². The van der Waals surface area contributed by atoms with Crippen LogP contribution in [0.2, 0.25) is 0 Å². The molecule has 0 aromatic heterocycles. The average molecular weight is 269 g/mol. The molecule has 0 spiro atoms. The third kappa shape index (κ3) is 2.99. The van der Waals surface area contributed by atoms with E-state index in [1.165, 1.54) is 0 Å². The van der Waals surface area contributed by atoms with Gasteiger partial charge in [0.15, 0.2) is 6.10 Å². The van der Waals surface area contributed by atoms with Crippen molar-refractivity contribution in [2.45, 2.75) is 26.9 Å². The Morgan fingerprint density at radius 3 is 2.55 bits per heavy atom. The number of ketones is 1. The number of carbonyl (C=O) groups is 1. The van der Waals surface area contributed by atoms with Gasteiger partial charge < -0.3 is 10.5 Å². The Morgan fingerprint density at radius 2 is 1.85 bits per heavy atom. The third-order valence-corrected chi connectivity index (χ3v) is 3.25. The zero-order chi connectivity index (χ0) is 14.7. The predicted molar refractivity (Wildman–Crippen MR) is 81.2 cm³/mol. The minimum atomic E-state index is -0.569. The van der Waals surface area contributed by atoms with E-state index in [-0.39, 0.29) is 5.78 Å². The summed E-state index contributed by atoms with van der Waals surface area (Å²) >= 11 is 0. The molecule has 0 bridgehead atoms. The minimum Gasteiger partial charge on any atom is -0.480 e. The minimum absolute atomic E-state index is 0.0329. The van der Waals surface area contributed by atoms with Crippen molar-refractivity contribution in [2.24, 2.45) is 0 Å². The lowest BCUT2D eigenvalue weighted by Crippen LogP contribution is -2.25. The number of para-hydroxylation sites is 2. The summed E-state index contributed by atoms with van der Waals surface area (Å²) in [5.41, 5.74) is 9.08. The summed E-state index contributed by atoms with van der Waals surface area (Å²) in [5.74, 6) is 0.508. The molecular formula is C17H19NO2. The van der Waals surface area contributed by atoms with Crippen LogP contribution in [0.5, 0.6) is 5.75 Å². The van der Waals surface area contributed by atoms with Crippen LogP contribution in [0.1, 0.15) is 28.4 Å². The highest BCUT2D eigenvalue weighted by molar-refractivity contribution is 6.00. The number of nitrogen functional groups attached to an aromatic ring is 1. The number of benzene rings is 2. The van der Waals surface area contributed by atoms with Crippen molar-refractivity contribution in [2.75, 3.05) is 5.73 Å². The molecule has 0 saturated heterocycles. The number of hydrogen-bond acceptors (Lipinski definition) is 3. The van der Waals surface area contributed by atoms with Crippen molar-refractivity contribution in [3.63, 3.8) is 0 Å². The zero-order valence-corrected chi connectivity index (χ0v) is 12.0. The molecule has 0 aliphatic rings. The van der Waals surface area contributed by atoms with E-state index in [1.807, 2.05) is 44.2 Å². The van der Waals surface area contributed by atoms with E-state index in [1.54, 1.807) is 19.1 Å². The second-order valence-electron chi connectivity index (χ2n) is 4.98. The van der Waals surface area contributed by atoms with Crippen LogP contribution in [0.15, 0.2) is 42.5 Å². The van der Waals surface area contributed by atoms with Gasteiger partial charge in [0.25, 0.3) is 0 Å². The molecule has 0 amide bonds. The van der Waals surface area contributed by atoms with Gasteiger partial charge in [-0.2, -0.15) is 0 Å². The topological polar surface area (TPSA) is 52.3 Å². The highest BCUT2D eigenvalue weighted by atomic mass is 16.5. The standard InChI is InChI=1S/C17H19NO2/c1-11-8-9-12(2)14(10-11)17(19)13(3)20-16-7-5-4-6-15(16)18/h4-10,13H,18H2,1-3H3. The lowest BCUT2D eigenvalue weighted by Gasteiger charge is -2.16.